The number of fused-ring (bicyclic) bond motifs is 2. The summed E-state index contributed by atoms with van der Waals surface area (Å²) in [5, 5.41) is 8.27. The Morgan fingerprint density at radius 3 is 2.76 bits per heavy atom. The Morgan fingerprint density at radius 1 is 1.35 bits per heavy atom. The first kappa shape index (κ1) is 11.1. The van der Waals surface area contributed by atoms with Crippen LogP contribution >= 0.6 is 0 Å². The van der Waals surface area contributed by atoms with E-state index in [1.165, 1.54) is 30.5 Å². The van der Waals surface area contributed by atoms with E-state index in [1.54, 1.807) is 7.11 Å². The second kappa shape index (κ2) is 4.02. The van der Waals surface area contributed by atoms with Crippen LogP contribution in [0, 0.1) is 0 Å². The van der Waals surface area contributed by atoms with E-state index in [1.807, 2.05) is 4.68 Å². The first-order valence-corrected chi connectivity index (χ1v) is 6.65. The summed E-state index contributed by atoms with van der Waals surface area (Å²) in [6, 6.07) is 0. The molecule has 94 valence electrons. The van der Waals surface area contributed by atoms with Gasteiger partial charge in [0.05, 0.1) is 12.8 Å². The SMILES string of the molecule is CCn1nc2c(c1OC)CCC21CCNCC1. The number of aromatic nitrogens is 2. The van der Waals surface area contributed by atoms with Gasteiger partial charge in [0.15, 0.2) is 0 Å². The lowest BCUT2D eigenvalue weighted by atomic mass is 9.77. The van der Waals surface area contributed by atoms with Crippen LogP contribution in [0.1, 0.15) is 37.4 Å². The van der Waals surface area contributed by atoms with Gasteiger partial charge in [0.25, 0.3) is 0 Å². The highest BCUT2D eigenvalue weighted by molar-refractivity contribution is 5.42. The van der Waals surface area contributed by atoms with Gasteiger partial charge < -0.3 is 10.1 Å². The predicted octanol–water partition coefficient (Wildman–Crippen LogP) is 1.48. The molecule has 1 aliphatic carbocycles. The van der Waals surface area contributed by atoms with Crippen molar-refractivity contribution in [3.63, 3.8) is 0 Å². The van der Waals surface area contributed by atoms with E-state index in [9.17, 15) is 0 Å². The van der Waals surface area contributed by atoms with Gasteiger partial charge in [0.2, 0.25) is 5.88 Å². The minimum atomic E-state index is 0.342. The third-order valence-corrected chi connectivity index (χ3v) is 4.41. The van der Waals surface area contributed by atoms with Crippen molar-refractivity contribution in [2.45, 2.75) is 44.6 Å². The molecule has 1 N–H and O–H groups in total. The number of ether oxygens (including phenoxy) is 1. The number of hydrogen-bond acceptors (Lipinski definition) is 3. The molecule has 1 spiro atoms. The first-order chi connectivity index (χ1) is 8.30. The van der Waals surface area contributed by atoms with Crippen LogP contribution in [0.3, 0.4) is 0 Å². The second-order valence-corrected chi connectivity index (χ2v) is 5.18. The number of rotatable bonds is 2. The molecule has 0 saturated carbocycles. The van der Waals surface area contributed by atoms with E-state index in [4.69, 9.17) is 9.84 Å². The molecule has 1 fully saturated rings. The lowest BCUT2D eigenvalue weighted by Crippen LogP contribution is -2.38. The number of hydrogen-bond donors (Lipinski definition) is 1. The van der Waals surface area contributed by atoms with E-state index in [2.05, 4.69) is 12.2 Å². The van der Waals surface area contributed by atoms with Crippen molar-refractivity contribution in [1.29, 1.82) is 0 Å². The summed E-state index contributed by atoms with van der Waals surface area (Å²) in [5.74, 6) is 0.998. The smallest absolute Gasteiger partial charge is 0.215 e. The molecule has 3 rings (SSSR count). The predicted molar refractivity (Wildman–Crippen MR) is 66.6 cm³/mol. The van der Waals surface area contributed by atoms with Crippen LogP contribution in [0.2, 0.25) is 0 Å². The Labute approximate surface area is 102 Å². The van der Waals surface area contributed by atoms with Crippen molar-refractivity contribution in [3.05, 3.63) is 11.3 Å². The maximum absolute atomic E-state index is 5.54. The molecule has 2 heterocycles. The van der Waals surface area contributed by atoms with Crippen molar-refractivity contribution in [2.75, 3.05) is 20.2 Å². The standard InChI is InChI=1S/C13H21N3O/c1-3-16-12(17-2)10-4-5-13(11(10)15-16)6-8-14-9-7-13/h14H,3-9H2,1-2H3. The highest BCUT2D eigenvalue weighted by atomic mass is 16.5. The van der Waals surface area contributed by atoms with Gasteiger partial charge in [-0.2, -0.15) is 5.10 Å². The fraction of sp³-hybridized carbons (Fsp3) is 0.769. The molecule has 0 amide bonds. The van der Waals surface area contributed by atoms with Gasteiger partial charge in [-0.15, -0.1) is 0 Å². The van der Waals surface area contributed by atoms with Crippen LogP contribution in [-0.4, -0.2) is 30.0 Å². The molecule has 0 aromatic carbocycles. The third kappa shape index (κ3) is 1.50. The minimum absolute atomic E-state index is 0.342. The van der Waals surface area contributed by atoms with Crippen molar-refractivity contribution in [2.24, 2.45) is 0 Å². The zero-order chi connectivity index (χ0) is 11.9. The fourth-order valence-corrected chi connectivity index (χ4v) is 3.45. The second-order valence-electron chi connectivity index (χ2n) is 5.18. The monoisotopic (exact) mass is 235 g/mol. The highest BCUT2D eigenvalue weighted by Gasteiger charge is 2.44. The Balaban J connectivity index is 2.04. The topological polar surface area (TPSA) is 39.1 Å². The van der Waals surface area contributed by atoms with Gasteiger partial charge in [0, 0.05) is 17.5 Å². The van der Waals surface area contributed by atoms with Crippen molar-refractivity contribution in [1.82, 2.24) is 15.1 Å². The van der Waals surface area contributed by atoms with E-state index in [0.29, 0.717) is 5.41 Å². The molecule has 0 radical (unpaired) electrons. The molecule has 4 heteroatoms. The maximum atomic E-state index is 5.54. The van der Waals surface area contributed by atoms with Crippen LogP contribution in [0.4, 0.5) is 0 Å². The van der Waals surface area contributed by atoms with Gasteiger partial charge >= 0.3 is 0 Å². The molecule has 2 aliphatic rings. The summed E-state index contributed by atoms with van der Waals surface area (Å²) in [7, 11) is 1.76. The quantitative estimate of drug-likeness (QED) is 0.844. The van der Waals surface area contributed by atoms with Crippen molar-refractivity contribution < 1.29 is 4.74 Å². The average molecular weight is 235 g/mol. The lowest BCUT2D eigenvalue weighted by molar-refractivity contribution is 0.292. The average Bonchev–Trinajstić information content (AvgIpc) is 2.89. The van der Waals surface area contributed by atoms with Gasteiger partial charge in [-0.05, 0) is 45.7 Å². The maximum Gasteiger partial charge on any atom is 0.215 e. The van der Waals surface area contributed by atoms with Gasteiger partial charge in [0.1, 0.15) is 0 Å². The molecule has 1 aromatic heterocycles. The zero-order valence-electron chi connectivity index (χ0n) is 10.8. The summed E-state index contributed by atoms with van der Waals surface area (Å²) in [6.45, 7) is 5.27. The summed E-state index contributed by atoms with van der Waals surface area (Å²) in [4.78, 5) is 0. The van der Waals surface area contributed by atoms with Crippen LogP contribution in [0.5, 0.6) is 5.88 Å². The molecule has 1 saturated heterocycles. The number of aryl methyl sites for hydroxylation is 1. The fourth-order valence-electron chi connectivity index (χ4n) is 3.45. The number of nitrogens with zero attached hydrogens (tertiary/aromatic N) is 2. The largest absolute Gasteiger partial charge is 0.481 e. The van der Waals surface area contributed by atoms with E-state index >= 15 is 0 Å². The Hall–Kier alpha value is -1.03. The molecule has 4 nitrogen and oxygen atoms in total. The molecular formula is C13H21N3O. The number of nitrogens with one attached hydrogen (secondary N) is 1. The Morgan fingerprint density at radius 2 is 2.12 bits per heavy atom. The van der Waals surface area contributed by atoms with Gasteiger partial charge in [-0.1, -0.05) is 0 Å². The summed E-state index contributed by atoms with van der Waals surface area (Å²) < 4.78 is 7.56. The van der Waals surface area contributed by atoms with E-state index in [0.717, 1.165) is 31.9 Å². The van der Waals surface area contributed by atoms with E-state index < -0.39 is 0 Å². The van der Waals surface area contributed by atoms with Crippen LogP contribution in [0.15, 0.2) is 0 Å². The lowest BCUT2D eigenvalue weighted by Gasteiger charge is -2.33. The van der Waals surface area contributed by atoms with Crippen LogP contribution in [-0.2, 0) is 18.4 Å². The van der Waals surface area contributed by atoms with Crippen LogP contribution in [0.25, 0.3) is 0 Å². The molecule has 1 aromatic rings. The molecular weight excluding hydrogens is 214 g/mol. The highest BCUT2D eigenvalue weighted by Crippen LogP contribution is 2.47. The third-order valence-electron chi connectivity index (χ3n) is 4.41. The number of piperidine rings is 1. The summed E-state index contributed by atoms with van der Waals surface area (Å²) in [6.07, 6.45) is 4.85. The molecule has 0 unspecified atom stereocenters. The Kier molecular flexibility index (Phi) is 2.62. The molecule has 1 aliphatic heterocycles. The number of methoxy groups -OCH3 is 1. The van der Waals surface area contributed by atoms with Crippen LogP contribution < -0.4 is 10.1 Å². The minimum Gasteiger partial charge on any atom is -0.481 e. The molecule has 17 heavy (non-hydrogen) atoms. The van der Waals surface area contributed by atoms with Gasteiger partial charge in [-0.3, -0.25) is 0 Å². The first-order valence-electron chi connectivity index (χ1n) is 6.65. The normalized spacial score (nSPS) is 21.8. The summed E-state index contributed by atoms with van der Waals surface area (Å²) >= 11 is 0. The Bertz CT molecular complexity index is 419. The van der Waals surface area contributed by atoms with Crippen molar-refractivity contribution in [3.8, 4) is 5.88 Å². The van der Waals surface area contributed by atoms with Crippen molar-refractivity contribution >= 4 is 0 Å². The molecule has 0 atom stereocenters. The van der Waals surface area contributed by atoms with E-state index in [-0.39, 0.29) is 0 Å². The summed E-state index contributed by atoms with van der Waals surface area (Å²) in [5.41, 5.74) is 3.04. The molecule has 0 bridgehead atoms. The van der Waals surface area contributed by atoms with Gasteiger partial charge in [-0.25, -0.2) is 4.68 Å². The zero-order valence-corrected chi connectivity index (χ0v) is 10.8.